The molecule has 0 aromatic carbocycles. The third-order valence-corrected chi connectivity index (χ3v) is 3.04. The van der Waals surface area contributed by atoms with Crippen LogP contribution in [-0.4, -0.2) is 36.6 Å². The molecule has 0 aliphatic carbocycles. The standard InChI is InChI=1S/C11H24N2/c1-4-13(10(2)3)11-6-5-8-12-9-7-11/h10-12H,4-9H2,1-3H3. The molecule has 1 rings (SSSR count). The number of nitrogens with one attached hydrogen (secondary N) is 1. The van der Waals surface area contributed by atoms with Crippen LogP contribution in [-0.2, 0) is 0 Å². The first kappa shape index (κ1) is 11.0. The van der Waals surface area contributed by atoms with Gasteiger partial charge in [-0.1, -0.05) is 6.92 Å². The van der Waals surface area contributed by atoms with E-state index in [-0.39, 0.29) is 0 Å². The van der Waals surface area contributed by atoms with E-state index in [9.17, 15) is 0 Å². The summed E-state index contributed by atoms with van der Waals surface area (Å²) in [5, 5.41) is 3.47. The van der Waals surface area contributed by atoms with Crippen LogP contribution in [0.4, 0.5) is 0 Å². The summed E-state index contributed by atoms with van der Waals surface area (Å²) in [6.07, 6.45) is 4.04. The Hall–Kier alpha value is -0.0800. The monoisotopic (exact) mass is 184 g/mol. The Morgan fingerprint density at radius 3 is 2.69 bits per heavy atom. The minimum atomic E-state index is 0.702. The molecule has 0 aromatic rings. The maximum atomic E-state index is 3.47. The minimum absolute atomic E-state index is 0.702. The first-order valence-electron chi connectivity index (χ1n) is 5.72. The molecule has 1 aliphatic rings. The van der Waals surface area contributed by atoms with Crippen molar-refractivity contribution in [3.8, 4) is 0 Å². The average molecular weight is 184 g/mol. The van der Waals surface area contributed by atoms with Gasteiger partial charge in [-0.2, -0.15) is 0 Å². The van der Waals surface area contributed by atoms with E-state index in [1.165, 1.54) is 38.9 Å². The number of hydrogen-bond acceptors (Lipinski definition) is 2. The van der Waals surface area contributed by atoms with Gasteiger partial charge in [0, 0.05) is 12.1 Å². The van der Waals surface area contributed by atoms with Crippen molar-refractivity contribution in [2.24, 2.45) is 0 Å². The molecule has 1 unspecified atom stereocenters. The Morgan fingerprint density at radius 1 is 1.31 bits per heavy atom. The summed E-state index contributed by atoms with van der Waals surface area (Å²) in [6, 6.07) is 1.52. The molecule has 1 fully saturated rings. The van der Waals surface area contributed by atoms with Gasteiger partial charge in [-0.3, -0.25) is 4.90 Å². The van der Waals surface area contributed by atoms with E-state index in [0.717, 1.165) is 6.04 Å². The average Bonchev–Trinajstić information content (AvgIpc) is 2.33. The third-order valence-electron chi connectivity index (χ3n) is 3.04. The Balaban J connectivity index is 2.45. The van der Waals surface area contributed by atoms with Crippen molar-refractivity contribution in [1.29, 1.82) is 0 Å². The van der Waals surface area contributed by atoms with E-state index in [4.69, 9.17) is 0 Å². The summed E-state index contributed by atoms with van der Waals surface area (Å²) >= 11 is 0. The molecule has 78 valence electrons. The van der Waals surface area contributed by atoms with Crippen LogP contribution in [0, 0.1) is 0 Å². The van der Waals surface area contributed by atoms with E-state index < -0.39 is 0 Å². The highest BCUT2D eigenvalue weighted by Crippen LogP contribution is 2.15. The van der Waals surface area contributed by atoms with Crippen LogP contribution in [0.15, 0.2) is 0 Å². The van der Waals surface area contributed by atoms with Gasteiger partial charge in [0.1, 0.15) is 0 Å². The van der Waals surface area contributed by atoms with Crippen molar-refractivity contribution >= 4 is 0 Å². The second-order valence-corrected chi connectivity index (χ2v) is 4.26. The molecule has 2 heteroatoms. The summed E-state index contributed by atoms with van der Waals surface area (Å²) in [5.74, 6) is 0. The van der Waals surface area contributed by atoms with Crippen molar-refractivity contribution in [2.45, 2.75) is 52.1 Å². The molecule has 0 bridgehead atoms. The Bertz CT molecular complexity index is 126. The highest BCUT2D eigenvalue weighted by atomic mass is 15.2. The molecule has 0 amide bonds. The molecule has 1 heterocycles. The lowest BCUT2D eigenvalue weighted by molar-refractivity contribution is 0.150. The van der Waals surface area contributed by atoms with Crippen LogP contribution < -0.4 is 5.32 Å². The van der Waals surface area contributed by atoms with E-state index in [2.05, 4.69) is 31.0 Å². The summed E-state index contributed by atoms with van der Waals surface area (Å²) in [6.45, 7) is 10.5. The van der Waals surface area contributed by atoms with E-state index in [1.807, 2.05) is 0 Å². The molecule has 2 nitrogen and oxygen atoms in total. The molecule has 0 radical (unpaired) electrons. The van der Waals surface area contributed by atoms with Gasteiger partial charge < -0.3 is 5.32 Å². The molecule has 0 saturated carbocycles. The SMILES string of the molecule is CCN(C(C)C)C1CCCNCC1. The Kier molecular flexibility index (Phi) is 4.74. The van der Waals surface area contributed by atoms with Crippen LogP contribution >= 0.6 is 0 Å². The number of rotatable bonds is 3. The molecule has 1 aliphatic heterocycles. The van der Waals surface area contributed by atoms with E-state index >= 15 is 0 Å². The van der Waals surface area contributed by atoms with Gasteiger partial charge in [-0.05, 0) is 52.7 Å². The highest BCUT2D eigenvalue weighted by molar-refractivity contribution is 4.77. The Labute approximate surface area is 82.7 Å². The van der Waals surface area contributed by atoms with Crippen molar-refractivity contribution in [1.82, 2.24) is 10.2 Å². The first-order valence-corrected chi connectivity index (χ1v) is 5.72. The van der Waals surface area contributed by atoms with Gasteiger partial charge in [-0.15, -0.1) is 0 Å². The maximum absolute atomic E-state index is 3.47. The van der Waals surface area contributed by atoms with Crippen molar-refractivity contribution in [3.63, 3.8) is 0 Å². The molecule has 0 aromatic heterocycles. The lowest BCUT2D eigenvalue weighted by Crippen LogP contribution is -2.40. The van der Waals surface area contributed by atoms with Crippen LogP contribution in [0.5, 0.6) is 0 Å². The van der Waals surface area contributed by atoms with Crippen molar-refractivity contribution in [2.75, 3.05) is 19.6 Å². The van der Waals surface area contributed by atoms with Crippen LogP contribution in [0.2, 0.25) is 0 Å². The summed E-state index contributed by atoms with van der Waals surface area (Å²) in [7, 11) is 0. The second-order valence-electron chi connectivity index (χ2n) is 4.26. The lowest BCUT2D eigenvalue weighted by atomic mass is 10.1. The normalized spacial score (nSPS) is 25.2. The lowest BCUT2D eigenvalue weighted by Gasteiger charge is -2.33. The summed E-state index contributed by atoms with van der Waals surface area (Å²) < 4.78 is 0. The molecule has 1 atom stereocenters. The predicted octanol–water partition coefficient (Wildman–Crippen LogP) is 1.86. The van der Waals surface area contributed by atoms with Crippen LogP contribution in [0.3, 0.4) is 0 Å². The fourth-order valence-corrected chi connectivity index (χ4v) is 2.38. The van der Waals surface area contributed by atoms with E-state index in [0.29, 0.717) is 6.04 Å². The zero-order chi connectivity index (χ0) is 9.68. The van der Waals surface area contributed by atoms with Gasteiger partial charge in [0.05, 0.1) is 0 Å². The zero-order valence-corrected chi connectivity index (χ0v) is 9.34. The van der Waals surface area contributed by atoms with Gasteiger partial charge in [0.15, 0.2) is 0 Å². The van der Waals surface area contributed by atoms with Crippen LogP contribution in [0.1, 0.15) is 40.0 Å². The summed E-state index contributed by atoms with van der Waals surface area (Å²) in [4.78, 5) is 2.63. The quantitative estimate of drug-likeness (QED) is 0.720. The topological polar surface area (TPSA) is 15.3 Å². The number of nitrogens with zero attached hydrogens (tertiary/aromatic N) is 1. The molecule has 1 saturated heterocycles. The van der Waals surface area contributed by atoms with Gasteiger partial charge in [-0.25, -0.2) is 0 Å². The smallest absolute Gasteiger partial charge is 0.0110 e. The van der Waals surface area contributed by atoms with E-state index in [1.54, 1.807) is 0 Å². The zero-order valence-electron chi connectivity index (χ0n) is 9.34. The van der Waals surface area contributed by atoms with Gasteiger partial charge in [0.2, 0.25) is 0 Å². The molecule has 13 heavy (non-hydrogen) atoms. The van der Waals surface area contributed by atoms with Gasteiger partial charge >= 0.3 is 0 Å². The molecular weight excluding hydrogens is 160 g/mol. The third kappa shape index (κ3) is 3.28. The van der Waals surface area contributed by atoms with Crippen molar-refractivity contribution < 1.29 is 0 Å². The first-order chi connectivity index (χ1) is 6.25. The molecular formula is C11H24N2. The van der Waals surface area contributed by atoms with Gasteiger partial charge in [0.25, 0.3) is 0 Å². The molecule has 0 spiro atoms. The highest BCUT2D eigenvalue weighted by Gasteiger charge is 2.20. The fraction of sp³-hybridized carbons (Fsp3) is 1.00. The van der Waals surface area contributed by atoms with Crippen LogP contribution in [0.25, 0.3) is 0 Å². The minimum Gasteiger partial charge on any atom is -0.317 e. The number of hydrogen-bond donors (Lipinski definition) is 1. The Morgan fingerprint density at radius 2 is 2.08 bits per heavy atom. The summed E-state index contributed by atoms with van der Waals surface area (Å²) in [5.41, 5.74) is 0. The largest absolute Gasteiger partial charge is 0.317 e. The second kappa shape index (κ2) is 5.61. The fourth-order valence-electron chi connectivity index (χ4n) is 2.38. The molecule has 1 N–H and O–H groups in total. The van der Waals surface area contributed by atoms with Crippen molar-refractivity contribution in [3.05, 3.63) is 0 Å². The predicted molar refractivity (Wildman–Crippen MR) is 58.0 cm³/mol. The maximum Gasteiger partial charge on any atom is 0.0110 e.